The summed E-state index contributed by atoms with van der Waals surface area (Å²) in [6.07, 6.45) is 4.86. The molecule has 1 aliphatic rings. The highest BCUT2D eigenvalue weighted by Gasteiger charge is 2.49. The molecule has 182 valence electrons. The monoisotopic (exact) mass is 463 g/mol. The molecule has 0 radical (unpaired) electrons. The molecule has 10 heteroatoms. The summed E-state index contributed by atoms with van der Waals surface area (Å²) in [5, 5.41) is 30.4. The second-order valence-corrected chi connectivity index (χ2v) is 7.98. The highest BCUT2D eigenvalue weighted by atomic mass is 16.5. The van der Waals surface area contributed by atoms with Crippen LogP contribution in [0.2, 0.25) is 0 Å². The molecule has 1 aromatic heterocycles. The smallest absolute Gasteiger partial charge is 0.414 e. The largest absolute Gasteiger partial charge is 0.480 e. The maximum Gasteiger partial charge on any atom is 0.414 e. The molecule has 33 heavy (non-hydrogen) atoms. The fourth-order valence-corrected chi connectivity index (χ4v) is 4.27. The molecule has 3 rings (SSSR count). The van der Waals surface area contributed by atoms with Crippen molar-refractivity contribution in [1.82, 2.24) is 15.0 Å². The summed E-state index contributed by atoms with van der Waals surface area (Å²) in [6, 6.07) is 7.59. The van der Waals surface area contributed by atoms with Crippen molar-refractivity contribution in [3.8, 4) is 0 Å². The maximum absolute atomic E-state index is 12.8. The van der Waals surface area contributed by atoms with Crippen LogP contribution in [0.1, 0.15) is 51.6 Å². The van der Waals surface area contributed by atoms with Gasteiger partial charge in [-0.25, -0.2) is 14.4 Å². The van der Waals surface area contributed by atoms with Gasteiger partial charge in [-0.3, -0.25) is 4.90 Å². The number of carboxylic acid groups (broad SMARTS) is 3. The summed E-state index contributed by atoms with van der Waals surface area (Å²) in [5.74, 6) is -4.47. The van der Waals surface area contributed by atoms with Crippen LogP contribution in [0.25, 0.3) is 11.0 Å². The van der Waals surface area contributed by atoms with Crippen molar-refractivity contribution in [2.75, 3.05) is 32.7 Å². The minimum Gasteiger partial charge on any atom is -0.480 e. The second-order valence-electron chi connectivity index (χ2n) is 7.98. The average Bonchev–Trinajstić information content (AvgIpc) is 3.03. The molecule has 10 nitrogen and oxygen atoms in total. The van der Waals surface area contributed by atoms with E-state index in [1.54, 1.807) is 0 Å². The van der Waals surface area contributed by atoms with Gasteiger partial charge in [0, 0.05) is 11.9 Å². The number of aromatic nitrogens is 1. The van der Waals surface area contributed by atoms with Crippen LogP contribution in [0.4, 0.5) is 0 Å². The number of nitrogens with zero attached hydrogens (tertiary/aromatic N) is 3. The van der Waals surface area contributed by atoms with Crippen molar-refractivity contribution in [1.29, 1.82) is 0 Å². The zero-order chi connectivity index (χ0) is 24.4. The SMILES string of the molecule is CCN(CC)CCC(C(=O)O)(c1noc2ccccc12)N1CCCCCC1.O=C(O)C(=O)O. The minimum absolute atomic E-state index is 0.501. The highest BCUT2D eigenvalue weighted by Crippen LogP contribution is 2.38. The number of carbonyl (C=O) groups is 3. The number of rotatable bonds is 8. The van der Waals surface area contributed by atoms with Crippen LogP contribution in [0.15, 0.2) is 28.8 Å². The van der Waals surface area contributed by atoms with Gasteiger partial charge in [0.15, 0.2) is 11.1 Å². The number of likely N-dealkylation sites (tertiary alicyclic amines) is 1. The third kappa shape index (κ3) is 6.29. The molecule has 1 aliphatic heterocycles. The van der Waals surface area contributed by atoms with E-state index in [9.17, 15) is 9.90 Å². The van der Waals surface area contributed by atoms with Crippen LogP contribution < -0.4 is 0 Å². The normalized spacial score (nSPS) is 16.5. The standard InChI is InChI=1S/C21H31N3O3.C2H2O4/c1-3-23(4-2)16-13-21(20(25)26,24-14-9-5-6-10-15-24)19-17-11-7-8-12-18(17)27-22-19;3-1(4)2(5)6/h7-8,11-12H,3-6,9-10,13-16H2,1-2H3,(H,25,26);(H,3,4)(H,5,6). The molecule has 0 amide bonds. The van der Waals surface area contributed by atoms with Gasteiger partial charge in [-0.15, -0.1) is 0 Å². The lowest BCUT2D eigenvalue weighted by Crippen LogP contribution is -2.54. The highest BCUT2D eigenvalue weighted by molar-refractivity contribution is 6.27. The van der Waals surface area contributed by atoms with Gasteiger partial charge in [0.25, 0.3) is 0 Å². The van der Waals surface area contributed by atoms with E-state index in [4.69, 9.17) is 24.3 Å². The zero-order valence-electron chi connectivity index (χ0n) is 19.2. The van der Waals surface area contributed by atoms with Gasteiger partial charge in [0.1, 0.15) is 5.69 Å². The number of hydrogen-bond acceptors (Lipinski definition) is 7. The molecule has 1 unspecified atom stereocenters. The molecule has 1 saturated heterocycles. The summed E-state index contributed by atoms with van der Waals surface area (Å²) in [4.78, 5) is 35.4. The number of aliphatic carboxylic acids is 3. The van der Waals surface area contributed by atoms with E-state index in [1.165, 1.54) is 0 Å². The number of hydrogen-bond donors (Lipinski definition) is 3. The first-order chi connectivity index (χ1) is 15.8. The van der Waals surface area contributed by atoms with Crippen LogP contribution in [-0.4, -0.2) is 80.9 Å². The van der Waals surface area contributed by atoms with Crippen LogP contribution >= 0.6 is 0 Å². The van der Waals surface area contributed by atoms with Crippen LogP contribution in [0.3, 0.4) is 0 Å². The predicted molar refractivity (Wildman–Crippen MR) is 121 cm³/mol. The van der Waals surface area contributed by atoms with Gasteiger partial charge in [-0.1, -0.05) is 44.0 Å². The lowest BCUT2D eigenvalue weighted by atomic mass is 9.86. The third-order valence-electron chi connectivity index (χ3n) is 6.14. The van der Waals surface area contributed by atoms with E-state index in [1.807, 2.05) is 24.3 Å². The van der Waals surface area contributed by atoms with Gasteiger partial charge < -0.3 is 24.7 Å². The molecule has 1 aromatic carbocycles. The lowest BCUT2D eigenvalue weighted by Gasteiger charge is -2.40. The molecule has 0 bridgehead atoms. The van der Waals surface area contributed by atoms with Crippen LogP contribution in [0, 0.1) is 0 Å². The maximum atomic E-state index is 12.8. The van der Waals surface area contributed by atoms with E-state index in [0.717, 1.165) is 63.8 Å². The van der Waals surface area contributed by atoms with Crippen molar-refractivity contribution in [2.24, 2.45) is 0 Å². The number of fused-ring (bicyclic) bond motifs is 1. The Morgan fingerprint density at radius 2 is 1.58 bits per heavy atom. The summed E-state index contributed by atoms with van der Waals surface area (Å²) >= 11 is 0. The Hall–Kier alpha value is -2.98. The molecule has 0 aliphatic carbocycles. The Kier molecular flexibility index (Phi) is 9.80. The predicted octanol–water partition coefficient (Wildman–Crippen LogP) is 2.87. The van der Waals surface area contributed by atoms with Crippen molar-refractivity contribution in [2.45, 2.75) is 51.5 Å². The topological polar surface area (TPSA) is 144 Å². The Labute approximate surface area is 192 Å². The van der Waals surface area contributed by atoms with Crippen molar-refractivity contribution < 1.29 is 34.2 Å². The fourth-order valence-electron chi connectivity index (χ4n) is 4.27. The first-order valence-corrected chi connectivity index (χ1v) is 11.3. The summed E-state index contributed by atoms with van der Waals surface area (Å²) in [5.41, 5.74) is 0.0509. The average molecular weight is 464 g/mol. The van der Waals surface area contributed by atoms with E-state index in [0.29, 0.717) is 17.7 Å². The molecule has 0 saturated carbocycles. The van der Waals surface area contributed by atoms with Crippen LogP contribution in [0.5, 0.6) is 0 Å². The Balaban J connectivity index is 0.000000569. The molecule has 3 N–H and O–H groups in total. The Morgan fingerprint density at radius 1 is 1.00 bits per heavy atom. The third-order valence-corrected chi connectivity index (χ3v) is 6.14. The van der Waals surface area contributed by atoms with Crippen molar-refractivity contribution in [3.05, 3.63) is 30.0 Å². The van der Waals surface area contributed by atoms with Gasteiger partial charge in [0.2, 0.25) is 0 Å². The Bertz CT molecular complexity index is 921. The fraction of sp³-hybridized carbons (Fsp3) is 0.565. The second kappa shape index (κ2) is 12.3. The first-order valence-electron chi connectivity index (χ1n) is 11.3. The van der Waals surface area contributed by atoms with Crippen molar-refractivity contribution >= 4 is 28.9 Å². The van der Waals surface area contributed by atoms with Crippen molar-refractivity contribution in [3.63, 3.8) is 0 Å². The Morgan fingerprint density at radius 3 is 2.09 bits per heavy atom. The van der Waals surface area contributed by atoms with Gasteiger partial charge in [-0.05, 0) is 57.6 Å². The molecule has 2 heterocycles. The van der Waals surface area contributed by atoms with Gasteiger partial charge >= 0.3 is 17.9 Å². The van der Waals surface area contributed by atoms with E-state index >= 15 is 0 Å². The van der Waals surface area contributed by atoms with E-state index < -0.39 is 23.4 Å². The minimum atomic E-state index is -1.82. The van der Waals surface area contributed by atoms with E-state index in [2.05, 4.69) is 28.8 Å². The molecule has 0 spiro atoms. The molecule has 1 atom stereocenters. The van der Waals surface area contributed by atoms with Gasteiger partial charge in [0.05, 0.1) is 0 Å². The molecule has 1 fully saturated rings. The quantitative estimate of drug-likeness (QED) is 0.500. The van der Waals surface area contributed by atoms with E-state index in [-0.39, 0.29) is 0 Å². The summed E-state index contributed by atoms with van der Waals surface area (Å²) in [6.45, 7) is 8.33. The number of benzene rings is 1. The summed E-state index contributed by atoms with van der Waals surface area (Å²) < 4.78 is 5.53. The summed E-state index contributed by atoms with van der Waals surface area (Å²) in [7, 11) is 0. The molecule has 2 aromatic rings. The number of carboxylic acids is 3. The lowest BCUT2D eigenvalue weighted by molar-refractivity contribution is -0.159. The zero-order valence-corrected chi connectivity index (χ0v) is 19.2. The molecular formula is C23H33N3O7. The number of para-hydroxylation sites is 1. The first kappa shape index (κ1) is 26.3. The van der Waals surface area contributed by atoms with Crippen LogP contribution in [-0.2, 0) is 19.9 Å². The molecular weight excluding hydrogens is 430 g/mol. The van der Waals surface area contributed by atoms with Gasteiger partial charge in [-0.2, -0.15) is 0 Å².